The summed E-state index contributed by atoms with van der Waals surface area (Å²) < 4.78 is 0. The summed E-state index contributed by atoms with van der Waals surface area (Å²) in [4.78, 5) is 0. The summed E-state index contributed by atoms with van der Waals surface area (Å²) in [5.41, 5.74) is 0. The molecule has 1 saturated carbocycles. The van der Waals surface area contributed by atoms with Crippen LogP contribution in [0, 0.1) is 0 Å². The second kappa shape index (κ2) is 1.94. The van der Waals surface area contributed by atoms with Gasteiger partial charge in [0.1, 0.15) is 0 Å². The lowest BCUT2D eigenvalue weighted by molar-refractivity contribution is 0.634. The van der Waals surface area contributed by atoms with Gasteiger partial charge in [-0.1, -0.05) is 13.0 Å². The Kier molecular flexibility index (Phi) is 1.22. The molecule has 1 aliphatic heterocycles. The maximum atomic E-state index is 3.89. The summed E-state index contributed by atoms with van der Waals surface area (Å²) in [7, 11) is 0. The highest BCUT2D eigenvalue weighted by atomic mass is 32.2. The van der Waals surface area contributed by atoms with Crippen LogP contribution in [-0.4, -0.2) is 11.3 Å². The molecule has 2 heteroatoms. The third-order valence-electron chi connectivity index (χ3n) is 2.09. The monoisotopic (exact) mass is 141 g/mol. The van der Waals surface area contributed by atoms with Crippen LogP contribution in [0.5, 0.6) is 0 Å². The van der Waals surface area contributed by atoms with E-state index in [4.69, 9.17) is 0 Å². The molecule has 1 nitrogen and oxygen atoms in total. The highest BCUT2D eigenvalue weighted by Gasteiger charge is 2.33. The van der Waals surface area contributed by atoms with Crippen LogP contribution in [0.4, 0.5) is 0 Å². The van der Waals surface area contributed by atoms with Crippen molar-refractivity contribution in [3.05, 3.63) is 11.6 Å². The Balaban J connectivity index is 2.09. The molecule has 1 heterocycles. The molecule has 1 aliphatic carbocycles. The zero-order chi connectivity index (χ0) is 6.27. The quantitative estimate of drug-likeness (QED) is 0.551. The molecule has 0 aromatic heterocycles. The highest BCUT2D eigenvalue weighted by molar-refractivity contribution is 8.03. The molecule has 0 aromatic carbocycles. The molecule has 2 rings (SSSR count). The molecule has 1 saturated heterocycles. The normalized spacial score (nSPS) is 40.7. The van der Waals surface area contributed by atoms with Crippen LogP contribution in [-0.2, 0) is 0 Å². The first-order valence-corrected chi connectivity index (χ1v) is 4.36. The zero-order valence-corrected chi connectivity index (χ0v) is 6.21. The van der Waals surface area contributed by atoms with Gasteiger partial charge >= 0.3 is 0 Å². The molecular formula is C7H11NS. The summed E-state index contributed by atoms with van der Waals surface area (Å²) in [5, 5.41) is 5.43. The number of hydrogen-bond acceptors (Lipinski definition) is 2. The van der Waals surface area contributed by atoms with E-state index in [-0.39, 0.29) is 0 Å². The molecule has 0 aromatic rings. The van der Waals surface area contributed by atoms with Gasteiger partial charge in [-0.25, -0.2) is 0 Å². The van der Waals surface area contributed by atoms with Crippen molar-refractivity contribution >= 4 is 11.8 Å². The molecule has 50 valence electrons. The lowest BCUT2D eigenvalue weighted by Crippen LogP contribution is -2.23. The van der Waals surface area contributed by atoms with Crippen LogP contribution >= 0.6 is 11.8 Å². The van der Waals surface area contributed by atoms with E-state index >= 15 is 0 Å². The average Bonchev–Trinajstić information content (AvgIpc) is 2.22. The summed E-state index contributed by atoms with van der Waals surface area (Å²) in [6.07, 6.45) is 4.15. The average molecular weight is 141 g/mol. The predicted octanol–water partition coefficient (Wildman–Crippen LogP) is 1.72. The van der Waals surface area contributed by atoms with E-state index in [1.807, 2.05) is 11.8 Å². The molecule has 0 radical (unpaired) electrons. The van der Waals surface area contributed by atoms with Crippen LogP contribution in [0.1, 0.15) is 19.3 Å². The smallest absolute Gasteiger partial charge is 0.0614 e. The molecule has 0 bridgehead atoms. The van der Waals surface area contributed by atoms with E-state index in [2.05, 4.69) is 11.9 Å². The number of nitrogens with one attached hydrogen (secondary N) is 1. The van der Waals surface area contributed by atoms with Gasteiger partial charge in [-0.3, -0.25) is 0 Å². The van der Waals surface area contributed by atoms with Gasteiger partial charge in [-0.15, -0.1) is 11.8 Å². The van der Waals surface area contributed by atoms with E-state index in [0.717, 1.165) is 11.3 Å². The minimum atomic E-state index is 0.766. The predicted molar refractivity (Wildman–Crippen MR) is 41.3 cm³/mol. The van der Waals surface area contributed by atoms with Gasteiger partial charge in [0.2, 0.25) is 0 Å². The third-order valence-corrected chi connectivity index (χ3v) is 3.36. The van der Waals surface area contributed by atoms with Gasteiger partial charge in [0.05, 0.1) is 5.03 Å². The Morgan fingerprint density at radius 1 is 1.56 bits per heavy atom. The second-order valence-electron chi connectivity index (χ2n) is 2.76. The highest BCUT2D eigenvalue weighted by Crippen LogP contribution is 2.38. The van der Waals surface area contributed by atoms with Crippen molar-refractivity contribution in [2.75, 3.05) is 0 Å². The molecule has 2 fully saturated rings. The first-order valence-electron chi connectivity index (χ1n) is 3.48. The minimum absolute atomic E-state index is 0.766. The molecule has 2 atom stereocenters. The van der Waals surface area contributed by atoms with Gasteiger partial charge in [-0.2, -0.15) is 0 Å². The fraction of sp³-hybridized carbons (Fsp3) is 0.714. The third kappa shape index (κ3) is 0.855. The van der Waals surface area contributed by atoms with E-state index in [1.165, 1.54) is 24.3 Å². The Morgan fingerprint density at radius 2 is 2.44 bits per heavy atom. The minimum Gasteiger partial charge on any atom is -0.376 e. The zero-order valence-electron chi connectivity index (χ0n) is 5.39. The molecule has 2 aliphatic rings. The number of fused-ring (bicyclic) bond motifs is 1. The van der Waals surface area contributed by atoms with Crippen LogP contribution in [0.15, 0.2) is 11.6 Å². The van der Waals surface area contributed by atoms with Crippen molar-refractivity contribution in [1.29, 1.82) is 0 Å². The van der Waals surface area contributed by atoms with Crippen LogP contribution < -0.4 is 5.32 Å². The van der Waals surface area contributed by atoms with Crippen molar-refractivity contribution in [2.24, 2.45) is 0 Å². The van der Waals surface area contributed by atoms with E-state index in [1.54, 1.807) is 0 Å². The molecule has 9 heavy (non-hydrogen) atoms. The first-order chi connectivity index (χ1) is 4.36. The summed E-state index contributed by atoms with van der Waals surface area (Å²) in [5.74, 6) is 0. The van der Waals surface area contributed by atoms with Gasteiger partial charge < -0.3 is 5.32 Å². The van der Waals surface area contributed by atoms with Crippen molar-refractivity contribution in [2.45, 2.75) is 30.6 Å². The van der Waals surface area contributed by atoms with Crippen LogP contribution in [0.3, 0.4) is 0 Å². The lowest BCUT2D eigenvalue weighted by atomic mass is 10.2. The SMILES string of the molecule is C=C1NC2CCCC2S1. The summed E-state index contributed by atoms with van der Waals surface area (Å²) in [6.45, 7) is 3.89. The summed E-state index contributed by atoms with van der Waals surface area (Å²) in [6, 6.07) is 0.766. The molecule has 0 spiro atoms. The first kappa shape index (κ1) is 5.66. The van der Waals surface area contributed by atoms with Crippen LogP contribution in [0.2, 0.25) is 0 Å². The van der Waals surface area contributed by atoms with Crippen molar-refractivity contribution in [3.8, 4) is 0 Å². The number of thioether (sulfide) groups is 1. The second-order valence-corrected chi connectivity index (χ2v) is 4.10. The maximum absolute atomic E-state index is 3.89. The summed E-state index contributed by atoms with van der Waals surface area (Å²) >= 11 is 1.93. The lowest BCUT2D eigenvalue weighted by Gasteiger charge is -2.04. The van der Waals surface area contributed by atoms with E-state index in [0.29, 0.717) is 0 Å². The Labute approximate surface area is 59.9 Å². The Hall–Kier alpha value is -0.110. The van der Waals surface area contributed by atoms with Crippen LogP contribution in [0.25, 0.3) is 0 Å². The fourth-order valence-corrected chi connectivity index (χ4v) is 2.89. The topological polar surface area (TPSA) is 12.0 Å². The molecule has 0 amide bonds. The molecule has 1 N–H and O–H groups in total. The Bertz CT molecular complexity index is 130. The maximum Gasteiger partial charge on any atom is 0.0614 e. The molecule has 2 unspecified atom stereocenters. The van der Waals surface area contributed by atoms with Gasteiger partial charge in [0.25, 0.3) is 0 Å². The van der Waals surface area contributed by atoms with Crippen molar-refractivity contribution < 1.29 is 0 Å². The van der Waals surface area contributed by atoms with Crippen molar-refractivity contribution in [1.82, 2.24) is 5.32 Å². The van der Waals surface area contributed by atoms with Gasteiger partial charge in [0.15, 0.2) is 0 Å². The van der Waals surface area contributed by atoms with Crippen molar-refractivity contribution in [3.63, 3.8) is 0 Å². The van der Waals surface area contributed by atoms with E-state index < -0.39 is 0 Å². The fourth-order valence-electron chi connectivity index (χ4n) is 1.66. The van der Waals surface area contributed by atoms with Gasteiger partial charge in [0, 0.05) is 11.3 Å². The number of hydrogen-bond donors (Lipinski definition) is 1. The number of rotatable bonds is 0. The van der Waals surface area contributed by atoms with E-state index in [9.17, 15) is 0 Å². The standard InChI is InChI=1S/C7H11NS/c1-5-8-6-3-2-4-7(6)9-5/h6-8H,1-4H2. The Morgan fingerprint density at radius 3 is 3.22 bits per heavy atom. The largest absolute Gasteiger partial charge is 0.376 e. The van der Waals surface area contributed by atoms with Gasteiger partial charge in [-0.05, 0) is 12.8 Å². The molecular weight excluding hydrogens is 130 g/mol.